The Labute approximate surface area is 143 Å². The largest absolute Gasteiger partial charge is 0.494 e. The number of halogens is 1. The average molecular weight is 350 g/mol. The fraction of sp³-hybridized carbons (Fsp3) is 0.294. The van der Waals surface area contributed by atoms with Crippen molar-refractivity contribution >= 4 is 28.8 Å². The maximum Gasteiger partial charge on any atom is 0.261 e. The smallest absolute Gasteiger partial charge is 0.261 e. The summed E-state index contributed by atoms with van der Waals surface area (Å²) in [6.45, 7) is 3.81. The third-order valence-corrected chi connectivity index (χ3v) is 4.79. The number of aryl methyl sites for hydroxylation is 2. The highest BCUT2D eigenvalue weighted by molar-refractivity contribution is 7.14. The molecule has 24 heavy (non-hydrogen) atoms. The van der Waals surface area contributed by atoms with E-state index in [1.54, 1.807) is 0 Å². The Morgan fingerprint density at radius 3 is 2.67 bits per heavy atom. The van der Waals surface area contributed by atoms with Crippen molar-refractivity contribution in [2.75, 3.05) is 19.0 Å². The molecule has 0 atom stereocenters. The topological polar surface area (TPSA) is 67.4 Å². The van der Waals surface area contributed by atoms with Gasteiger partial charge in [-0.05, 0) is 37.1 Å². The minimum Gasteiger partial charge on any atom is -0.494 e. The minimum absolute atomic E-state index is 0.183. The average Bonchev–Trinajstić information content (AvgIpc) is 2.95. The van der Waals surface area contributed by atoms with Gasteiger partial charge in [0.05, 0.1) is 24.2 Å². The van der Waals surface area contributed by atoms with E-state index in [0.717, 1.165) is 16.9 Å². The molecule has 0 radical (unpaired) electrons. The molecule has 2 N–H and O–H groups in total. The number of anilines is 1. The SMILES string of the molecule is CCc1sc(C(=O)NCC(=O)Nc2ccc(F)cc2OC)cc1C. The summed E-state index contributed by atoms with van der Waals surface area (Å²) in [4.78, 5) is 25.8. The molecule has 0 bridgehead atoms. The lowest BCUT2D eigenvalue weighted by Gasteiger charge is -2.10. The molecule has 128 valence electrons. The monoisotopic (exact) mass is 350 g/mol. The molecule has 0 saturated carbocycles. The van der Waals surface area contributed by atoms with Gasteiger partial charge in [0.25, 0.3) is 5.91 Å². The third kappa shape index (κ3) is 4.32. The summed E-state index contributed by atoms with van der Waals surface area (Å²) in [5.74, 6) is -0.949. The van der Waals surface area contributed by atoms with E-state index in [4.69, 9.17) is 4.74 Å². The molecule has 0 aliphatic heterocycles. The Hall–Kier alpha value is -2.41. The second-order valence-electron chi connectivity index (χ2n) is 5.15. The van der Waals surface area contributed by atoms with Gasteiger partial charge in [0.15, 0.2) is 0 Å². The molecule has 0 spiro atoms. The summed E-state index contributed by atoms with van der Waals surface area (Å²) in [7, 11) is 1.39. The van der Waals surface area contributed by atoms with Crippen molar-refractivity contribution in [2.24, 2.45) is 0 Å². The third-order valence-electron chi connectivity index (χ3n) is 3.41. The zero-order chi connectivity index (χ0) is 17.7. The minimum atomic E-state index is -0.460. The quantitative estimate of drug-likeness (QED) is 0.841. The molecule has 0 unspecified atom stereocenters. The first-order valence-electron chi connectivity index (χ1n) is 7.45. The van der Waals surface area contributed by atoms with Gasteiger partial charge >= 0.3 is 0 Å². The number of carbonyl (C=O) groups is 2. The molecule has 0 fully saturated rings. The van der Waals surface area contributed by atoms with Crippen LogP contribution in [-0.4, -0.2) is 25.5 Å². The van der Waals surface area contributed by atoms with Crippen LogP contribution in [0, 0.1) is 12.7 Å². The van der Waals surface area contributed by atoms with Crippen molar-refractivity contribution in [2.45, 2.75) is 20.3 Å². The van der Waals surface area contributed by atoms with E-state index >= 15 is 0 Å². The number of amides is 2. The van der Waals surface area contributed by atoms with Crippen LogP contribution in [0.15, 0.2) is 24.3 Å². The van der Waals surface area contributed by atoms with E-state index in [1.165, 1.54) is 36.6 Å². The lowest BCUT2D eigenvalue weighted by atomic mass is 10.2. The van der Waals surface area contributed by atoms with Gasteiger partial charge in [-0.2, -0.15) is 0 Å². The van der Waals surface area contributed by atoms with Crippen LogP contribution in [-0.2, 0) is 11.2 Å². The first-order valence-corrected chi connectivity index (χ1v) is 8.27. The van der Waals surface area contributed by atoms with Crippen LogP contribution < -0.4 is 15.4 Å². The normalized spacial score (nSPS) is 10.3. The summed E-state index contributed by atoms with van der Waals surface area (Å²) in [6, 6.07) is 5.62. The molecular weight excluding hydrogens is 331 g/mol. The number of benzene rings is 1. The van der Waals surface area contributed by atoms with Crippen molar-refractivity contribution in [1.82, 2.24) is 5.32 Å². The highest BCUT2D eigenvalue weighted by atomic mass is 32.1. The maximum absolute atomic E-state index is 13.1. The van der Waals surface area contributed by atoms with Gasteiger partial charge in [-0.15, -0.1) is 11.3 Å². The van der Waals surface area contributed by atoms with Crippen molar-refractivity contribution in [1.29, 1.82) is 0 Å². The van der Waals surface area contributed by atoms with E-state index in [9.17, 15) is 14.0 Å². The van der Waals surface area contributed by atoms with Crippen LogP contribution in [0.2, 0.25) is 0 Å². The molecule has 1 heterocycles. The van der Waals surface area contributed by atoms with Crippen LogP contribution in [0.4, 0.5) is 10.1 Å². The van der Waals surface area contributed by atoms with E-state index in [2.05, 4.69) is 10.6 Å². The van der Waals surface area contributed by atoms with Gasteiger partial charge in [0.1, 0.15) is 11.6 Å². The Morgan fingerprint density at radius 1 is 1.29 bits per heavy atom. The lowest BCUT2D eigenvalue weighted by molar-refractivity contribution is -0.115. The van der Waals surface area contributed by atoms with Crippen LogP contribution in [0.25, 0.3) is 0 Å². The molecule has 7 heteroatoms. The molecule has 0 aliphatic carbocycles. The molecule has 0 aliphatic rings. The fourth-order valence-corrected chi connectivity index (χ4v) is 3.22. The number of carbonyl (C=O) groups excluding carboxylic acids is 2. The number of nitrogens with one attached hydrogen (secondary N) is 2. The van der Waals surface area contributed by atoms with Gasteiger partial charge in [-0.1, -0.05) is 6.92 Å². The van der Waals surface area contributed by atoms with Crippen LogP contribution in [0.1, 0.15) is 27.0 Å². The van der Waals surface area contributed by atoms with Gasteiger partial charge in [0, 0.05) is 10.9 Å². The second-order valence-corrected chi connectivity index (χ2v) is 6.28. The lowest BCUT2D eigenvalue weighted by Crippen LogP contribution is -2.32. The predicted octanol–water partition coefficient (Wildman–Crippen LogP) is 3.14. The van der Waals surface area contributed by atoms with E-state index in [1.807, 2.05) is 19.9 Å². The van der Waals surface area contributed by atoms with E-state index in [-0.39, 0.29) is 18.2 Å². The predicted molar refractivity (Wildman–Crippen MR) is 92.3 cm³/mol. The summed E-state index contributed by atoms with van der Waals surface area (Å²) in [6.07, 6.45) is 0.870. The molecule has 2 amide bonds. The number of ether oxygens (including phenoxy) is 1. The van der Waals surface area contributed by atoms with Gasteiger partial charge < -0.3 is 15.4 Å². The Morgan fingerprint density at radius 2 is 2.04 bits per heavy atom. The zero-order valence-corrected chi connectivity index (χ0v) is 14.6. The van der Waals surface area contributed by atoms with Crippen LogP contribution in [0.5, 0.6) is 5.75 Å². The van der Waals surface area contributed by atoms with Gasteiger partial charge in [-0.25, -0.2) is 4.39 Å². The van der Waals surface area contributed by atoms with Gasteiger partial charge in [-0.3, -0.25) is 9.59 Å². The Balaban J connectivity index is 1.94. The fourth-order valence-electron chi connectivity index (χ4n) is 2.19. The molecule has 1 aromatic heterocycles. The van der Waals surface area contributed by atoms with Crippen LogP contribution >= 0.6 is 11.3 Å². The molecular formula is C17H19FN2O3S. The number of rotatable bonds is 6. The zero-order valence-electron chi connectivity index (χ0n) is 13.7. The van der Waals surface area contributed by atoms with Crippen LogP contribution in [0.3, 0.4) is 0 Å². The second kappa shape index (κ2) is 7.92. The molecule has 0 saturated heterocycles. The Bertz CT molecular complexity index is 758. The van der Waals surface area contributed by atoms with Crippen molar-refractivity contribution < 1.29 is 18.7 Å². The van der Waals surface area contributed by atoms with E-state index in [0.29, 0.717) is 10.6 Å². The molecule has 5 nitrogen and oxygen atoms in total. The first kappa shape index (κ1) is 17.9. The Kier molecular flexibility index (Phi) is 5.92. The summed E-state index contributed by atoms with van der Waals surface area (Å²) < 4.78 is 18.1. The van der Waals surface area contributed by atoms with Gasteiger partial charge in [0.2, 0.25) is 5.91 Å². The van der Waals surface area contributed by atoms with E-state index < -0.39 is 11.7 Å². The summed E-state index contributed by atoms with van der Waals surface area (Å²) in [5, 5.41) is 5.16. The molecule has 2 aromatic rings. The maximum atomic E-state index is 13.1. The summed E-state index contributed by atoms with van der Waals surface area (Å²) in [5.41, 5.74) is 1.42. The standard InChI is InChI=1S/C17H19FN2O3S/c1-4-14-10(2)7-15(24-14)17(22)19-9-16(21)20-12-6-5-11(18)8-13(12)23-3/h5-8H,4,9H2,1-3H3,(H,19,22)(H,20,21). The highest BCUT2D eigenvalue weighted by Gasteiger charge is 2.14. The number of hydrogen-bond acceptors (Lipinski definition) is 4. The van der Waals surface area contributed by atoms with Crippen molar-refractivity contribution in [3.63, 3.8) is 0 Å². The van der Waals surface area contributed by atoms with Crippen molar-refractivity contribution in [3.05, 3.63) is 45.4 Å². The molecule has 1 aromatic carbocycles. The molecule has 2 rings (SSSR count). The summed E-state index contributed by atoms with van der Waals surface area (Å²) >= 11 is 1.43. The number of thiophene rings is 1. The first-order chi connectivity index (χ1) is 11.4. The van der Waals surface area contributed by atoms with Crippen molar-refractivity contribution in [3.8, 4) is 5.75 Å². The highest BCUT2D eigenvalue weighted by Crippen LogP contribution is 2.25. The number of hydrogen-bond donors (Lipinski definition) is 2. The number of methoxy groups -OCH3 is 1.